The molecule has 1 saturated heterocycles. The van der Waals surface area contributed by atoms with Gasteiger partial charge >= 0.3 is 0 Å². The van der Waals surface area contributed by atoms with Crippen LogP contribution < -0.4 is 9.47 Å². The molecule has 4 rings (SSSR count). The van der Waals surface area contributed by atoms with Gasteiger partial charge in [-0.1, -0.05) is 53.0 Å². The number of phenols is 1. The fourth-order valence-electron chi connectivity index (χ4n) is 4.60. The van der Waals surface area contributed by atoms with Gasteiger partial charge in [-0.2, -0.15) is 0 Å². The van der Waals surface area contributed by atoms with Crippen molar-refractivity contribution in [3.05, 3.63) is 92.0 Å². The Balaban J connectivity index is 1.97. The maximum Gasteiger partial charge on any atom is 0.295 e. The largest absolute Gasteiger partial charge is 0.507 e. The van der Waals surface area contributed by atoms with Gasteiger partial charge in [0.25, 0.3) is 11.7 Å². The molecule has 0 saturated carbocycles. The van der Waals surface area contributed by atoms with Gasteiger partial charge in [0.15, 0.2) is 11.5 Å². The smallest absolute Gasteiger partial charge is 0.295 e. The number of nitrogens with zero attached hydrogens (tertiary/aromatic N) is 1. The molecule has 38 heavy (non-hydrogen) atoms. The Morgan fingerprint density at radius 2 is 1.79 bits per heavy atom. The van der Waals surface area contributed by atoms with E-state index in [1.54, 1.807) is 19.1 Å². The number of carbonyl (C=O) groups is 2. The number of halogens is 2. The normalized spacial score (nSPS) is 16.7. The van der Waals surface area contributed by atoms with Crippen molar-refractivity contribution in [3.63, 3.8) is 0 Å². The van der Waals surface area contributed by atoms with Gasteiger partial charge in [0, 0.05) is 11.6 Å². The maximum atomic E-state index is 13.5. The quantitative estimate of drug-likeness (QED) is 0.200. The predicted octanol–water partition coefficient (Wildman–Crippen LogP) is 6.35. The number of aliphatic hydroxyl groups is 1. The van der Waals surface area contributed by atoms with Crippen LogP contribution in [0.2, 0.25) is 10.0 Å². The summed E-state index contributed by atoms with van der Waals surface area (Å²) in [4.78, 5) is 28.4. The van der Waals surface area contributed by atoms with Gasteiger partial charge in [-0.3, -0.25) is 9.59 Å². The monoisotopic (exact) mass is 555 g/mol. The van der Waals surface area contributed by atoms with Crippen LogP contribution >= 0.6 is 23.2 Å². The number of methoxy groups -OCH3 is 1. The summed E-state index contributed by atoms with van der Waals surface area (Å²) in [6, 6.07) is 12.3. The number of amides is 1. The van der Waals surface area contributed by atoms with Gasteiger partial charge in [-0.15, -0.1) is 0 Å². The summed E-state index contributed by atoms with van der Waals surface area (Å²) in [6.07, 6.45) is 0. The van der Waals surface area contributed by atoms with E-state index < -0.39 is 23.5 Å². The van der Waals surface area contributed by atoms with Crippen LogP contribution in [0.25, 0.3) is 5.76 Å². The molecular weight excluding hydrogens is 529 g/mol. The van der Waals surface area contributed by atoms with Crippen LogP contribution in [0.1, 0.15) is 40.8 Å². The zero-order valence-electron chi connectivity index (χ0n) is 21.3. The van der Waals surface area contributed by atoms with E-state index in [1.165, 1.54) is 30.2 Å². The summed E-state index contributed by atoms with van der Waals surface area (Å²) in [6.45, 7) is 6.04. The first-order valence-electron chi connectivity index (χ1n) is 11.9. The highest BCUT2D eigenvalue weighted by Crippen LogP contribution is 2.45. The lowest BCUT2D eigenvalue weighted by Gasteiger charge is -2.27. The number of hydrogen-bond acceptors (Lipinski definition) is 6. The minimum absolute atomic E-state index is 0.0727. The van der Waals surface area contributed by atoms with Gasteiger partial charge in [-0.05, 0) is 61.7 Å². The molecule has 0 aromatic heterocycles. The van der Waals surface area contributed by atoms with Crippen molar-refractivity contribution < 1.29 is 29.3 Å². The van der Waals surface area contributed by atoms with Crippen LogP contribution in [0.5, 0.6) is 17.2 Å². The number of Topliss-reactive ketones (excluding diaryl/α,β-unsaturated/α-hetero) is 1. The van der Waals surface area contributed by atoms with E-state index in [4.69, 9.17) is 32.7 Å². The van der Waals surface area contributed by atoms with Crippen molar-refractivity contribution in [3.8, 4) is 17.2 Å². The third kappa shape index (κ3) is 5.04. The Hall–Kier alpha value is -3.68. The van der Waals surface area contributed by atoms with E-state index in [0.717, 1.165) is 16.7 Å². The zero-order valence-corrected chi connectivity index (χ0v) is 22.9. The van der Waals surface area contributed by atoms with Crippen LogP contribution in [-0.2, 0) is 16.1 Å². The summed E-state index contributed by atoms with van der Waals surface area (Å²) in [5.74, 6) is -1.94. The predicted molar refractivity (Wildman–Crippen MR) is 146 cm³/mol. The molecule has 0 aliphatic carbocycles. The third-order valence-electron chi connectivity index (χ3n) is 6.45. The minimum atomic E-state index is -1.00. The van der Waals surface area contributed by atoms with Crippen molar-refractivity contribution in [1.82, 2.24) is 4.90 Å². The summed E-state index contributed by atoms with van der Waals surface area (Å²) in [5.41, 5.74) is 3.17. The summed E-state index contributed by atoms with van der Waals surface area (Å²) in [5, 5.41) is 22.1. The SMILES string of the molecule is CCOc1cc(C2/C(=C(\O)c3cc(Cl)cc(Cl)c3OC)C(=O)C(=O)N2Cc2cc(C)ccc2C)ccc1O. The van der Waals surface area contributed by atoms with Crippen molar-refractivity contribution in [2.45, 2.75) is 33.4 Å². The highest BCUT2D eigenvalue weighted by molar-refractivity contribution is 6.46. The number of aliphatic hydroxyl groups excluding tert-OH is 1. The summed E-state index contributed by atoms with van der Waals surface area (Å²) < 4.78 is 10.9. The van der Waals surface area contributed by atoms with Gasteiger partial charge in [0.1, 0.15) is 11.5 Å². The van der Waals surface area contributed by atoms with Gasteiger partial charge in [0.2, 0.25) is 0 Å². The number of aryl methyl sites for hydroxylation is 2. The maximum absolute atomic E-state index is 13.5. The molecule has 198 valence electrons. The number of benzene rings is 3. The molecule has 0 spiro atoms. The molecule has 7 nitrogen and oxygen atoms in total. The molecule has 1 fully saturated rings. The van der Waals surface area contributed by atoms with Crippen molar-refractivity contribution in [2.24, 2.45) is 0 Å². The first-order valence-corrected chi connectivity index (χ1v) is 12.7. The molecule has 1 aliphatic rings. The van der Waals surface area contributed by atoms with E-state index in [-0.39, 0.29) is 51.6 Å². The summed E-state index contributed by atoms with van der Waals surface area (Å²) >= 11 is 12.5. The molecule has 3 aromatic rings. The topological polar surface area (TPSA) is 96.3 Å². The molecule has 1 unspecified atom stereocenters. The highest BCUT2D eigenvalue weighted by Gasteiger charge is 2.46. The fourth-order valence-corrected chi connectivity index (χ4v) is 5.18. The van der Waals surface area contributed by atoms with Crippen LogP contribution in [0.4, 0.5) is 0 Å². The molecule has 1 heterocycles. The lowest BCUT2D eigenvalue weighted by molar-refractivity contribution is -0.140. The van der Waals surface area contributed by atoms with Crippen LogP contribution in [0.3, 0.4) is 0 Å². The lowest BCUT2D eigenvalue weighted by atomic mass is 9.94. The Morgan fingerprint density at radius 3 is 2.47 bits per heavy atom. The van der Waals surface area contributed by atoms with E-state index in [1.807, 2.05) is 32.0 Å². The van der Waals surface area contributed by atoms with Gasteiger partial charge < -0.3 is 24.6 Å². The Kier molecular flexibility index (Phi) is 7.90. The summed E-state index contributed by atoms with van der Waals surface area (Å²) in [7, 11) is 1.37. The number of ether oxygens (including phenoxy) is 2. The molecule has 0 radical (unpaired) electrons. The third-order valence-corrected chi connectivity index (χ3v) is 6.95. The first kappa shape index (κ1) is 27.4. The minimum Gasteiger partial charge on any atom is -0.507 e. The van der Waals surface area contributed by atoms with Crippen LogP contribution in [-0.4, -0.2) is 40.5 Å². The number of hydrogen-bond donors (Lipinski definition) is 2. The molecule has 1 atom stereocenters. The van der Waals surface area contributed by atoms with Crippen LogP contribution in [0.15, 0.2) is 54.1 Å². The second kappa shape index (κ2) is 11.0. The van der Waals surface area contributed by atoms with Crippen molar-refractivity contribution in [1.29, 1.82) is 0 Å². The van der Waals surface area contributed by atoms with Crippen LogP contribution in [0, 0.1) is 13.8 Å². The van der Waals surface area contributed by atoms with Gasteiger partial charge in [0.05, 0.1) is 35.9 Å². The molecule has 1 aliphatic heterocycles. The molecule has 0 bridgehead atoms. The number of aromatic hydroxyl groups is 1. The molecule has 3 aromatic carbocycles. The molecule has 2 N–H and O–H groups in total. The fraction of sp³-hybridized carbons (Fsp3) is 0.241. The van der Waals surface area contributed by atoms with E-state index in [0.29, 0.717) is 5.56 Å². The number of ketones is 1. The van der Waals surface area contributed by atoms with E-state index in [2.05, 4.69) is 0 Å². The second-order valence-corrected chi connectivity index (χ2v) is 9.83. The second-order valence-electron chi connectivity index (χ2n) is 8.99. The van der Waals surface area contributed by atoms with E-state index in [9.17, 15) is 19.8 Å². The van der Waals surface area contributed by atoms with Crippen molar-refractivity contribution in [2.75, 3.05) is 13.7 Å². The lowest BCUT2D eigenvalue weighted by Crippen LogP contribution is -2.29. The number of rotatable bonds is 7. The Bertz CT molecular complexity index is 1470. The average molecular weight is 556 g/mol. The average Bonchev–Trinajstić information content (AvgIpc) is 3.11. The van der Waals surface area contributed by atoms with E-state index >= 15 is 0 Å². The van der Waals surface area contributed by atoms with Gasteiger partial charge in [-0.25, -0.2) is 0 Å². The Morgan fingerprint density at radius 1 is 1.05 bits per heavy atom. The van der Waals surface area contributed by atoms with Crippen molar-refractivity contribution >= 4 is 40.7 Å². The molecule has 1 amide bonds. The number of carbonyl (C=O) groups excluding carboxylic acids is 2. The zero-order chi connectivity index (χ0) is 27.7. The molecule has 9 heteroatoms. The highest BCUT2D eigenvalue weighted by atomic mass is 35.5. The number of phenolic OH excluding ortho intramolecular Hbond substituents is 1. The standard InChI is InChI=1S/C29H27Cl2NO6/c1-5-38-23-11-17(8-9-22(23)33)25-24(26(34)20-12-19(30)13-21(31)28(20)37-4)27(35)29(36)32(25)14-18-10-15(2)6-7-16(18)3/h6-13,25,33-34H,5,14H2,1-4H3/b26-24+. The molecular formula is C29H27Cl2NO6. The Labute approximate surface area is 230 Å². The first-order chi connectivity index (χ1) is 18.1. The number of likely N-dealkylation sites (tertiary alicyclic amines) is 1.